The van der Waals surface area contributed by atoms with E-state index in [-0.39, 0.29) is 30.2 Å². The van der Waals surface area contributed by atoms with Crippen LogP contribution >= 0.6 is 0 Å². The number of carbonyl (C=O) groups excluding carboxylic acids is 3. The fraction of sp³-hybridized carbons (Fsp3) is 0.842. The lowest BCUT2D eigenvalue weighted by Gasteiger charge is -2.31. The van der Waals surface area contributed by atoms with Crippen molar-refractivity contribution in [2.75, 3.05) is 13.2 Å². The minimum absolute atomic E-state index is 0.102. The number of likely N-dealkylation sites (tertiary alicyclic amines) is 1. The Bertz CT molecular complexity index is 442. The third-order valence-electron chi connectivity index (χ3n) is 3.81. The van der Waals surface area contributed by atoms with Crippen LogP contribution < -0.4 is 0 Å². The first-order chi connectivity index (χ1) is 11.7. The summed E-state index contributed by atoms with van der Waals surface area (Å²) < 4.78 is 10.5. The quantitative estimate of drug-likeness (QED) is 0.706. The molecule has 1 heterocycles. The van der Waals surface area contributed by atoms with Crippen LogP contribution in [0.4, 0.5) is 0 Å². The van der Waals surface area contributed by atoms with E-state index in [1.165, 1.54) is 0 Å². The van der Waals surface area contributed by atoms with Gasteiger partial charge in [0.1, 0.15) is 11.6 Å². The van der Waals surface area contributed by atoms with Crippen LogP contribution in [0.15, 0.2) is 0 Å². The highest BCUT2D eigenvalue weighted by Gasteiger charge is 2.35. The van der Waals surface area contributed by atoms with Crippen LogP contribution in [0.1, 0.15) is 74.1 Å². The van der Waals surface area contributed by atoms with E-state index in [4.69, 9.17) is 9.47 Å². The fourth-order valence-electron chi connectivity index (χ4n) is 2.71. The third-order valence-corrected chi connectivity index (χ3v) is 3.81. The van der Waals surface area contributed by atoms with Gasteiger partial charge in [0, 0.05) is 13.0 Å². The number of esters is 2. The molecule has 6 heteroatoms. The molecule has 1 fully saturated rings. The maximum atomic E-state index is 12.4. The van der Waals surface area contributed by atoms with E-state index < -0.39 is 11.6 Å². The number of ether oxygens (including phenoxy) is 2. The van der Waals surface area contributed by atoms with Gasteiger partial charge in [-0.25, -0.2) is 4.79 Å². The largest absolute Gasteiger partial charge is 0.466 e. The van der Waals surface area contributed by atoms with Crippen LogP contribution in [0.2, 0.25) is 0 Å². The van der Waals surface area contributed by atoms with E-state index in [2.05, 4.69) is 0 Å². The molecular formula is C19H35NO5. The summed E-state index contributed by atoms with van der Waals surface area (Å²) in [6.45, 7) is 13.7. The summed E-state index contributed by atoms with van der Waals surface area (Å²) in [4.78, 5) is 38.2. The van der Waals surface area contributed by atoms with Gasteiger partial charge in [0.15, 0.2) is 0 Å². The molecule has 0 saturated carbocycles. The van der Waals surface area contributed by atoms with Crippen molar-refractivity contribution in [1.82, 2.24) is 4.90 Å². The summed E-state index contributed by atoms with van der Waals surface area (Å²) in [7, 11) is 0. The maximum absolute atomic E-state index is 12.4. The number of hydrogen-bond acceptors (Lipinski definition) is 5. The van der Waals surface area contributed by atoms with Crippen LogP contribution in [0.25, 0.3) is 0 Å². The molecule has 0 aliphatic carbocycles. The molecule has 25 heavy (non-hydrogen) atoms. The molecule has 0 spiro atoms. The summed E-state index contributed by atoms with van der Waals surface area (Å²) >= 11 is 0. The molecule has 0 aromatic rings. The molecule has 0 radical (unpaired) electrons. The van der Waals surface area contributed by atoms with Crippen LogP contribution in [0.3, 0.4) is 0 Å². The van der Waals surface area contributed by atoms with Crippen molar-refractivity contribution in [2.24, 2.45) is 5.92 Å². The highest BCUT2D eigenvalue weighted by Crippen LogP contribution is 2.23. The van der Waals surface area contributed by atoms with Crippen molar-refractivity contribution in [2.45, 2.75) is 85.8 Å². The second-order valence-electron chi connectivity index (χ2n) is 6.82. The Labute approximate surface area is 152 Å². The minimum atomic E-state index is -0.595. The lowest BCUT2D eigenvalue weighted by molar-refractivity contribution is -0.164. The van der Waals surface area contributed by atoms with Gasteiger partial charge in [0.25, 0.3) is 0 Å². The van der Waals surface area contributed by atoms with Gasteiger partial charge >= 0.3 is 11.9 Å². The molecule has 1 aliphatic heterocycles. The summed E-state index contributed by atoms with van der Waals surface area (Å²) in [6.07, 6.45) is 1.73. The van der Waals surface area contributed by atoms with E-state index in [9.17, 15) is 14.4 Å². The van der Waals surface area contributed by atoms with Crippen LogP contribution in [0, 0.1) is 5.92 Å². The smallest absolute Gasteiger partial charge is 0.329 e. The summed E-state index contributed by atoms with van der Waals surface area (Å²) in [5, 5.41) is 0. The molecule has 1 aliphatic rings. The average Bonchev–Trinajstić information content (AvgIpc) is 2.71. The monoisotopic (exact) mass is 357 g/mol. The van der Waals surface area contributed by atoms with E-state index in [0.717, 1.165) is 0 Å². The number of amides is 1. The highest BCUT2D eigenvalue weighted by atomic mass is 16.6. The molecule has 1 rings (SSSR count). The summed E-state index contributed by atoms with van der Waals surface area (Å²) in [6, 6.07) is -0.595. The van der Waals surface area contributed by atoms with Crippen LogP contribution in [0.5, 0.6) is 0 Å². The number of hydrogen-bond donors (Lipinski definition) is 0. The Kier molecular flexibility index (Phi) is 10.4. The zero-order valence-electron chi connectivity index (χ0n) is 16.9. The predicted molar refractivity (Wildman–Crippen MR) is 97.0 cm³/mol. The van der Waals surface area contributed by atoms with E-state index >= 15 is 0 Å². The Balaban J connectivity index is 0.00000277. The van der Waals surface area contributed by atoms with Gasteiger partial charge in [-0.05, 0) is 47.0 Å². The van der Waals surface area contributed by atoms with Gasteiger partial charge in [0.2, 0.25) is 5.91 Å². The van der Waals surface area contributed by atoms with Crippen molar-refractivity contribution in [3.8, 4) is 0 Å². The number of carbonyl (C=O) groups is 3. The lowest BCUT2D eigenvalue weighted by Crippen LogP contribution is -2.47. The second kappa shape index (κ2) is 11.1. The zero-order chi connectivity index (χ0) is 19.6. The molecule has 0 aromatic carbocycles. The van der Waals surface area contributed by atoms with E-state index in [0.29, 0.717) is 32.4 Å². The topological polar surface area (TPSA) is 72.9 Å². The Hall–Kier alpha value is -1.59. The normalized spacial score (nSPS) is 19.2. The standard InChI is InChI=1S/C17H29NO5.C2H6/c1-6-13(16(21)23-17(3,4)5)18-11-10-12(8-9-14(18)19)15(20)22-7-2;1-2/h12-13H,6-11H2,1-5H3;1-2H3. The van der Waals surface area contributed by atoms with E-state index in [1.54, 1.807) is 32.6 Å². The molecular weight excluding hydrogens is 322 g/mol. The zero-order valence-corrected chi connectivity index (χ0v) is 16.9. The van der Waals surface area contributed by atoms with Crippen molar-refractivity contribution < 1.29 is 23.9 Å². The fourth-order valence-corrected chi connectivity index (χ4v) is 2.71. The average molecular weight is 357 g/mol. The van der Waals surface area contributed by atoms with Gasteiger partial charge < -0.3 is 14.4 Å². The van der Waals surface area contributed by atoms with Crippen LogP contribution in [-0.4, -0.2) is 47.5 Å². The molecule has 0 aromatic heterocycles. The van der Waals surface area contributed by atoms with E-state index in [1.807, 2.05) is 20.8 Å². The Morgan fingerprint density at radius 1 is 1.20 bits per heavy atom. The molecule has 0 bridgehead atoms. The number of nitrogens with zero attached hydrogens (tertiary/aromatic N) is 1. The van der Waals surface area contributed by atoms with Gasteiger partial charge in [-0.15, -0.1) is 0 Å². The first-order valence-electron chi connectivity index (χ1n) is 9.38. The second-order valence-corrected chi connectivity index (χ2v) is 6.82. The maximum Gasteiger partial charge on any atom is 0.329 e. The Morgan fingerprint density at radius 3 is 2.28 bits per heavy atom. The molecule has 2 unspecified atom stereocenters. The first kappa shape index (κ1) is 23.4. The van der Waals surface area contributed by atoms with Crippen molar-refractivity contribution in [1.29, 1.82) is 0 Å². The first-order valence-corrected chi connectivity index (χ1v) is 9.38. The molecule has 1 saturated heterocycles. The minimum Gasteiger partial charge on any atom is -0.466 e. The number of rotatable bonds is 5. The summed E-state index contributed by atoms with van der Waals surface area (Å²) in [5.74, 6) is -1.02. The molecule has 6 nitrogen and oxygen atoms in total. The molecule has 146 valence electrons. The van der Waals surface area contributed by atoms with Gasteiger partial charge in [-0.3, -0.25) is 9.59 Å². The molecule has 0 N–H and O–H groups in total. The summed E-state index contributed by atoms with van der Waals surface area (Å²) in [5.41, 5.74) is -0.590. The lowest BCUT2D eigenvalue weighted by atomic mass is 10.0. The SMILES string of the molecule is CC.CCOC(=O)C1CCC(=O)N(C(CC)C(=O)OC(C)(C)C)CC1. The van der Waals surface area contributed by atoms with Crippen molar-refractivity contribution in [3.05, 3.63) is 0 Å². The van der Waals surface area contributed by atoms with Crippen LogP contribution in [-0.2, 0) is 23.9 Å². The van der Waals surface area contributed by atoms with Crippen molar-refractivity contribution in [3.63, 3.8) is 0 Å². The highest BCUT2D eigenvalue weighted by molar-refractivity contribution is 5.85. The van der Waals surface area contributed by atoms with Gasteiger partial charge in [-0.1, -0.05) is 20.8 Å². The Morgan fingerprint density at radius 2 is 1.80 bits per heavy atom. The molecule has 2 atom stereocenters. The van der Waals surface area contributed by atoms with Gasteiger partial charge in [0.05, 0.1) is 12.5 Å². The predicted octanol–water partition coefficient (Wildman–Crippen LogP) is 3.32. The van der Waals surface area contributed by atoms with Crippen molar-refractivity contribution >= 4 is 17.8 Å². The molecule has 1 amide bonds. The third kappa shape index (κ3) is 7.88. The van der Waals surface area contributed by atoms with Gasteiger partial charge in [-0.2, -0.15) is 0 Å².